The van der Waals surface area contributed by atoms with Crippen molar-refractivity contribution in [2.24, 2.45) is 0 Å². The summed E-state index contributed by atoms with van der Waals surface area (Å²) in [5.74, 6) is 0. The van der Waals surface area contributed by atoms with Crippen molar-refractivity contribution in [1.29, 1.82) is 0 Å². The summed E-state index contributed by atoms with van der Waals surface area (Å²) in [6.07, 6.45) is 6.65. The fourth-order valence-corrected chi connectivity index (χ4v) is 3.86. The highest BCUT2D eigenvalue weighted by Crippen LogP contribution is 2.32. The maximum Gasteiger partial charge on any atom is 0.123 e. The van der Waals surface area contributed by atoms with E-state index in [1.165, 1.54) is 29.8 Å². The van der Waals surface area contributed by atoms with Crippen LogP contribution in [0, 0.1) is 0 Å². The van der Waals surface area contributed by atoms with Gasteiger partial charge in [0.1, 0.15) is 11.1 Å². The van der Waals surface area contributed by atoms with Gasteiger partial charge >= 0.3 is 0 Å². The van der Waals surface area contributed by atoms with E-state index in [0.29, 0.717) is 0 Å². The number of nitrogens with one attached hydrogen (secondary N) is 1. The minimum absolute atomic E-state index is 0.222. The third-order valence-corrected chi connectivity index (χ3v) is 4.82. The standard InChI is InChI=1S/C12H18N2OS/c15-11(9-4-1-2-7-13-9)12-14-8-5-3-6-10(8)16-12/h9,11,13,15H,1-7H2. The molecule has 0 saturated carbocycles. The van der Waals surface area contributed by atoms with Gasteiger partial charge in [-0.2, -0.15) is 0 Å². The van der Waals surface area contributed by atoms with Crippen LogP contribution in [0.5, 0.6) is 0 Å². The largest absolute Gasteiger partial charge is 0.384 e. The Hall–Kier alpha value is -0.450. The minimum Gasteiger partial charge on any atom is -0.384 e. The van der Waals surface area contributed by atoms with Gasteiger partial charge in [0, 0.05) is 10.9 Å². The zero-order valence-corrected chi connectivity index (χ0v) is 10.2. The summed E-state index contributed by atoms with van der Waals surface area (Å²) in [5.41, 5.74) is 1.25. The minimum atomic E-state index is -0.393. The molecule has 2 atom stereocenters. The Labute approximate surface area is 99.9 Å². The number of aromatic nitrogens is 1. The van der Waals surface area contributed by atoms with Crippen LogP contribution in [0.25, 0.3) is 0 Å². The van der Waals surface area contributed by atoms with E-state index in [4.69, 9.17) is 0 Å². The lowest BCUT2D eigenvalue weighted by Crippen LogP contribution is -2.38. The van der Waals surface area contributed by atoms with E-state index < -0.39 is 6.10 Å². The van der Waals surface area contributed by atoms with Crippen LogP contribution in [-0.4, -0.2) is 22.7 Å². The van der Waals surface area contributed by atoms with Crippen LogP contribution in [0.1, 0.15) is 47.4 Å². The third kappa shape index (κ3) is 1.90. The molecule has 1 saturated heterocycles. The van der Waals surface area contributed by atoms with Crippen molar-refractivity contribution in [3.8, 4) is 0 Å². The Morgan fingerprint density at radius 1 is 1.31 bits per heavy atom. The smallest absolute Gasteiger partial charge is 0.123 e. The average molecular weight is 238 g/mol. The predicted octanol–water partition coefficient (Wildman–Crippen LogP) is 1.81. The van der Waals surface area contributed by atoms with E-state index >= 15 is 0 Å². The second kappa shape index (κ2) is 4.43. The first-order valence-electron chi connectivity index (χ1n) is 6.24. The van der Waals surface area contributed by atoms with Crippen molar-refractivity contribution >= 4 is 11.3 Å². The normalized spacial score (nSPS) is 26.7. The number of thiazole rings is 1. The van der Waals surface area contributed by atoms with E-state index in [1.54, 1.807) is 11.3 Å². The van der Waals surface area contributed by atoms with Gasteiger partial charge < -0.3 is 10.4 Å². The zero-order valence-electron chi connectivity index (χ0n) is 9.41. The number of piperidine rings is 1. The Morgan fingerprint density at radius 3 is 3.00 bits per heavy atom. The first-order chi connectivity index (χ1) is 7.84. The summed E-state index contributed by atoms with van der Waals surface area (Å²) in [7, 11) is 0. The number of hydrogen-bond donors (Lipinski definition) is 2. The van der Waals surface area contributed by atoms with E-state index in [9.17, 15) is 5.11 Å². The van der Waals surface area contributed by atoms with Gasteiger partial charge in [0.2, 0.25) is 0 Å². The molecule has 1 fully saturated rings. The molecule has 1 aromatic rings. The Kier molecular flexibility index (Phi) is 2.96. The molecular weight excluding hydrogens is 220 g/mol. The molecule has 3 rings (SSSR count). The van der Waals surface area contributed by atoms with Crippen molar-refractivity contribution in [3.63, 3.8) is 0 Å². The van der Waals surface area contributed by atoms with Crippen LogP contribution in [-0.2, 0) is 12.8 Å². The van der Waals surface area contributed by atoms with Crippen LogP contribution in [0.3, 0.4) is 0 Å². The topological polar surface area (TPSA) is 45.2 Å². The molecule has 2 unspecified atom stereocenters. The second-order valence-electron chi connectivity index (χ2n) is 4.78. The summed E-state index contributed by atoms with van der Waals surface area (Å²) in [4.78, 5) is 6.00. The Bertz CT molecular complexity index is 350. The van der Waals surface area contributed by atoms with Gasteiger partial charge in [-0.3, -0.25) is 0 Å². The van der Waals surface area contributed by atoms with Gasteiger partial charge in [0.25, 0.3) is 0 Å². The lowest BCUT2D eigenvalue weighted by atomic mass is 10.0. The molecule has 4 heteroatoms. The molecule has 1 aromatic heterocycles. The molecule has 2 aliphatic rings. The van der Waals surface area contributed by atoms with Gasteiger partial charge in [-0.25, -0.2) is 4.98 Å². The average Bonchev–Trinajstić information content (AvgIpc) is 2.89. The number of aliphatic hydroxyl groups excluding tert-OH is 1. The molecular formula is C12H18N2OS. The third-order valence-electron chi connectivity index (χ3n) is 3.59. The molecule has 16 heavy (non-hydrogen) atoms. The summed E-state index contributed by atoms with van der Waals surface area (Å²) >= 11 is 1.72. The Morgan fingerprint density at radius 2 is 2.25 bits per heavy atom. The number of nitrogens with zero attached hydrogens (tertiary/aromatic N) is 1. The fourth-order valence-electron chi connectivity index (χ4n) is 2.66. The lowest BCUT2D eigenvalue weighted by Gasteiger charge is -2.26. The van der Waals surface area contributed by atoms with Gasteiger partial charge in [0.05, 0.1) is 5.69 Å². The maximum atomic E-state index is 10.3. The molecule has 2 N–H and O–H groups in total. The summed E-state index contributed by atoms with van der Waals surface area (Å²) in [5, 5.41) is 14.6. The Balaban J connectivity index is 1.75. The highest BCUT2D eigenvalue weighted by atomic mass is 32.1. The van der Waals surface area contributed by atoms with E-state index in [1.807, 2.05) is 0 Å². The molecule has 1 aliphatic heterocycles. The van der Waals surface area contributed by atoms with Crippen LogP contribution in [0.4, 0.5) is 0 Å². The SMILES string of the molecule is OC(c1nc2c(s1)CCC2)C1CCCCN1. The lowest BCUT2D eigenvalue weighted by molar-refractivity contribution is 0.113. The van der Waals surface area contributed by atoms with Crippen LogP contribution in [0.2, 0.25) is 0 Å². The molecule has 0 bridgehead atoms. The molecule has 0 aromatic carbocycles. The molecule has 0 spiro atoms. The molecule has 0 radical (unpaired) electrons. The monoisotopic (exact) mass is 238 g/mol. The van der Waals surface area contributed by atoms with Crippen molar-refractivity contribution < 1.29 is 5.11 Å². The van der Waals surface area contributed by atoms with E-state index in [-0.39, 0.29) is 6.04 Å². The summed E-state index contributed by atoms with van der Waals surface area (Å²) in [6, 6.07) is 0.222. The molecule has 0 amide bonds. The molecule has 3 nitrogen and oxygen atoms in total. The van der Waals surface area contributed by atoms with Crippen LogP contribution in [0.15, 0.2) is 0 Å². The predicted molar refractivity (Wildman–Crippen MR) is 64.7 cm³/mol. The first-order valence-corrected chi connectivity index (χ1v) is 7.06. The molecule has 1 aliphatic carbocycles. The summed E-state index contributed by atoms with van der Waals surface area (Å²) in [6.45, 7) is 1.03. The first kappa shape index (κ1) is 10.7. The highest BCUT2D eigenvalue weighted by molar-refractivity contribution is 7.11. The van der Waals surface area contributed by atoms with Crippen molar-refractivity contribution in [1.82, 2.24) is 10.3 Å². The number of aryl methyl sites for hydroxylation is 2. The van der Waals surface area contributed by atoms with Crippen molar-refractivity contribution in [2.75, 3.05) is 6.54 Å². The molecule has 88 valence electrons. The summed E-state index contributed by atoms with van der Waals surface area (Å²) < 4.78 is 0. The maximum absolute atomic E-state index is 10.3. The number of rotatable bonds is 2. The van der Waals surface area contributed by atoms with Crippen LogP contribution >= 0.6 is 11.3 Å². The molecule has 2 heterocycles. The quantitative estimate of drug-likeness (QED) is 0.826. The number of fused-ring (bicyclic) bond motifs is 1. The van der Waals surface area contributed by atoms with Crippen molar-refractivity contribution in [3.05, 3.63) is 15.6 Å². The van der Waals surface area contributed by atoms with Crippen LogP contribution < -0.4 is 5.32 Å². The second-order valence-corrected chi connectivity index (χ2v) is 5.89. The van der Waals surface area contributed by atoms with E-state index in [2.05, 4.69) is 10.3 Å². The number of hydrogen-bond acceptors (Lipinski definition) is 4. The van der Waals surface area contributed by atoms with Gasteiger partial charge in [-0.1, -0.05) is 6.42 Å². The van der Waals surface area contributed by atoms with Gasteiger partial charge in [0.15, 0.2) is 0 Å². The fraction of sp³-hybridized carbons (Fsp3) is 0.750. The van der Waals surface area contributed by atoms with Gasteiger partial charge in [-0.15, -0.1) is 11.3 Å². The van der Waals surface area contributed by atoms with E-state index in [0.717, 1.165) is 30.8 Å². The van der Waals surface area contributed by atoms with Crippen molar-refractivity contribution in [2.45, 2.75) is 50.7 Å². The van der Waals surface area contributed by atoms with Gasteiger partial charge in [-0.05, 0) is 38.6 Å². The highest BCUT2D eigenvalue weighted by Gasteiger charge is 2.27. The zero-order chi connectivity index (χ0) is 11.0. The number of aliphatic hydroxyl groups is 1.